The number of aryl methyl sites for hydroxylation is 1. The van der Waals surface area contributed by atoms with Gasteiger partial charge in [0.1, 0.15) is 10.6 Å². The number of hydrogen-bond acceptors (Lipinski definition) is 8. The van der Waals surface area contributed by atoms with Crippen molar-refractivity contribution >= 4 is 49.8 Å². The van der Waals surface area contributed by atoms with Crippen molar-refractivity contribution in [2.75, 3.05) is 12.5 Å². The van der Waals surface area contributed by atoms with Crippen molar-refractivity contribution in [3.8, 4) is 11.4 Å². The maximum atomic E-state index is 13.9. The second-order valence-electron chi connectivity index (χ2n) is 8.82. The summed E-state index contributed by atoms with van der Waals surface area (Å²) in [7, 11) is 1.60. The minimum atomic E-state index is -0.228. The normalized spacial score (nSPS) is 15.5. The Morgan fingerprint density at radius 1 is 1.19 bits per heavy atom. The quantitative estimate of drug-likeness (QED) is 0.116. The standard InChI is InChI=1S/C27H26N4O3S2/c1-16-9-14-21-22(15-16)35-25-23(21)26(33)31(19-7-5-4-6-8-19)27(28-25)36-24(17(2)32)30-29-18-10-12-20(34-3)13-11-18/h4-8,10-13,16,29H,9,14-15H2,1-3H3/b30-24+. The number of thioether (sulfide) groups is 1. The number of nitrogens with one attached hydrogen (secondary N) is 1. The zero-order valence-electron chi connectivity index (χ0n) is 20.3. The van der Waals surface area contributed by atoms with Gasteiger partial charge in [0.2, 0.25) is 0 Å². The number of Topliss-reactive ketones (excluding diaryl/α,β-unsaturated/α-hetero) is 1. The fourth-order valence-electron chi connectivity index (χ4n) is 4.29. The Labute approximate surface area is 217 Å². The molecule has 1 aliphatic carbocycles. The summed E-state index contributed by atoms with van der Waals surface area (Å²) in [6.07, 6.45) is 2.93. The third kappa shape index (κ3) is 4.81. The molecule has 184 valence electrons. The highest BCUT2D eigenvalue weighted by Crippen LogP contribution is 2.37. The number of carbonyl (C=O) groups excluding carboxylic acids is 1. The lowest BCUT2D eigenvalue weighted by atomic mass is 9.89. The molecule has 2 heterocycles. The summed E-state index contributed by atoms with van der Waals surface area (Å²) in [6.45, 7) is 3.70. The van der Waals surface area contributed by atoms with Gasteiger partial charge in [0, 0.05) is 11.8 Å². The molecule has 0 aliphatic heterocycles. The molecular weight excluding hydrogens is 492 g/mol. The lowest BCUT2D eigenvalue weighted by Gasteiger charge is -2.17. The SMILES string of the molecule is COc1ccc(N/N=C(/Sc2nc3sc4c(c3c(=O)n2-c2ccccc2)CCC(C)C4)C(C)=O)cc1. The number of hydrazone groups is 1. The molecule has 0 spiro atoms. The molecule has 2 aromatic carbocycles. The second-order valence-corrected chi connectivity index (χ2v) is 10.9. The van der Waals surface area contributed by atoms with Crippen molar-refractivity contribution in [1.29, 1.82) is 0 Å². The summed E-state index contributed by atoms with van der Waals surface area (Å²) in [6, 6.07) is 16.7. The van der Waals surface area contributed by atoms with Crippen molar-refractivity contribution in [2.45, 2.75) is 38.3 Å². The molecule has 0 bridgehead atoms. The number of methoxy groups -OCH3 is 1. The first kappa shape index (κ1) is 24.3. The number of aromatic nitrogens is 2. The Hall–Kier alpha value is -3.43. The molecule has 4 aromatic rings. The predicted molar refractivity (Wildman–Crippen MR) is 147 cm³/mol. The van der Waals surface area contributed by atoms with Crippen LogP contribution in [-0.2, 0) is 17.6 Å². The van der Waals surface area contributed by atoms with Crippen LogP contribution in [0.15, 0.2) is 69.6 Å². The summed E-state index contributed by atoms with van der Waals surface area (Å²) in [4.78, 5) is 33.3. The topological polar surface area (TPSA) is 85.6 Å². The molecule has 1 aliphatic rings. The van der Waals surface area contributed by atoms with E-state index in [1.807, 2.05) is 42.5 Å². The van der Waals surface area contributed by atoms with Gasteiger partial charge in [-0.1, -0.05) is 25.1 Å². The highest BCUT2D eigenvalue weighted by molar-refractivity contribution is 8.15. The zero-order chi connectivity index (χ0) is 25.2. The molecule has 0 amide bonds. The first-order chi connectivity index (χ1) is 17.4. The molecule has 5 rings (SSSR count). The van der Waals surface area contributed by atoms with E-state index < -0.39 is 0 Å². The molecule has 1 atom stereocenters. The van der Waals surface area contributed by atoms with E-state index in [-0.39, 0.29) is 16.4 Å². The van der Waals surface area contributed by atoms with Crippen molar-refractivity contribution < 1.29 is 9.53 Å². The lowest BCUT2D eigenvalue weighted by Crippen LogP contribution is -2.23. The average molecular weight is 519 g/mol. The van der Waals surface area contributed by atoms with Crippen molar-refractivity contribution in [3.05, 3.63) is 75.4 Å². The van der Waals surface area contributed by atoms with Gasteiger partial charge in [-0.15, -0.1) is 11.3 Å². The van der Waals surface area contributed by atoms with Crippen molar-refractivity contribution in [1.82, 2.24) is 9.55 Å². The van der Waals surface area contributed by atoms with E-state index >= 15 is 0 Å². The molecule has 0 saturated carbocycles. The fraction of sp³-hybridized carbons (Fsp3) is 0.259. The van der Waals surface area contributed by atoms with Crippen LogP contribution in [0.2, 0.25) is 0 Å². The highest BCUT2D eigenvalue weighted by Gasteiger charge is 2.26. The monoisotopic (exact) mass is 518 g/mol. The molecule has 0 radical (unpaired) electrons. The molecule has 1 unspecified atom stereocenters. The second kappa shape index (κ2) is 10.3. The smallest absolute Gasteiger partial charge is 0.267 e. The zero-order valence-corrected chi connectivity index (χ0v) is 21.9. The van der Waals surface area contributed by atoms with Crippen LogP contribution in [0.5, 0.6) is 5.75 Å². The Balaban J connectivity index is 1.59. The average Bonchev–Trinajstić information content (AvgIpc) is 3.24. The van der Waals surface area contributed by atoms with E-state index in [1.165, 1.54) is 11.8 Å². The number of thiophene rings is 1. The molecule has 9 heteroatoms. The molecular formula is C27H26N4O3S2. The number of fused-ring (bicyclic) bond motifs is 3. The van der Waals surface area contributed by atoms with Gasteiger partial charge >= 0.3 is 0 Å². The van der Waals surface area contributed by atoms with Crippen LogP contribution in [0.3, 0.4) is 0 Å². The summed E-state index contributed by atoms with van der Waals surface area (Å²) >= 11 is 2.69. The number of para-hydroxylation sites is 1. The van der Waals surface area contributed by atoms with Crippen LogP contribution in [-0.4, -0.2) is 27.5 Å². The predicted octanol–water partition coefficient (Wildman–Crippen LogP) is 5.69. The van der Waals surface area contributed by atoms with Crippen LogP contribution < -0.4 is 15.7 Å². The van der Waals surface area contributed by atoms with Crippen molar-refractivity contribution in [3.63, 3.8) is 0 Å². The van der Waals surface area contributed by atoms with E-state index in [0.29, 0.717) is 27.8 Å². The van der Waals surface area contributed by atoms with Crippen LogP contribution >= 0.6 is 23.1 Å². The largest absolute Gasteiger partial charge is 0.497 e. The number of nitrogens with zero attached hydrogens (tertiary/aromatic N) is 3. The van der Waals surface area contributed by atoms with E-state index in [0.717, 1.165) is 47.2 Å². The Bertz CT molecular complexity index is 1510. The minimum Gasteiger partial charge on any atom is -0.497 e. The summed E-state index contributed by atoms with van der Waals surface area (Å²) in [5.74, 6) is 1.09. The van der Waals surface area contributed by atoms with Gasteiger partial charge in [-0.05, 0) is 78.9 Å². The van der Waals surface area contributed by atoms with E-state index in [4.69, 9.17) is 9.72 Å². The first-order valence-electron chi connectivity index (χ1n) is 11.7. The number of anilines is 1. The molecule has 2 aromatic heterocycles. The van der Waals surface area contributed by atoms with Gasteiger partial charge in [0.05, 0.1) is 23.9 Å². The molecule has 0 fully saturated rings. The number of benzene rings is 2. The third-order valence-electron chi connectivity index (χ3n) is 6.18. The van der Waals surface area contributed by atoms with Crippen LogP contribution in [0, 0.1) is 5.92 Å². The number of carbonyl (C=O) groups is 1. The van der Waals surface area contributed by atoms with Gasteiger partial charge in [-0.25, -0.2) is 4.98 Å². The molecule has 7 nitrogen and oxygen atoms in total. The van der Waals surface area contributed by atoms with E-state index in [1.54, 1.807) is 35.1 Å². The summed E-state index contributed by atoms with van der Waals surface area (Å²) < 4.78 is 6.79. The van der Waals surface area contributed by atoms with Crippen LogP contribution in [0.1, 0.15) is 30.7 Å². The Kier molecular flexibility index (Phi) is 6.93. The molecule has 36 heavy (non-hydrogen) atoms. The van der Waals surface area contributed by atoms with Crippen molar-refractivity contribution in [2.24, 2.45) is 11.0 Å². The number of rotatable bonds is 6. The summed E-state index contributed by atoms with van der Waals surface area (Å²) in [5.41, 5.74) is 5.37. The summed E-state index contributed by atoms with van der Waals surface area (Å²) in [5, 5.41) is 5.67. The van der Waals surface area contributed by atoms with Gasteiger partial charge in [-0.3, -0.25) is 19.6 Å². The van der Waals surface area contributed by atoms with Crippen LogP contribution in [0.4, 0.5) is 5.69 Å². The number of hydrogen-bond donors (Lipinski definition) is 1. The van der Waals surface area contributed by atoms with E-state index in [9.17, 15) is 9.59 Å². The maximum Gasteiger partial charge on any atom is 0.267 e. The fourth-order valence-corrected chi connectivity index (χ4v) is 6.54. The third-order valence-corrected chi connectivity index (χ3v) is 8.36. The van der Waals surface area contributed by atoms with Gasteiger partial charge in [0.25, 0.3) is 5.56 Å². The Morgan fingerprint density at radius 2 is 1.94 bits per heavy atom. The molecule has 1 N–H and O–H groups in total. The number of ether oxygens (including phenoxy) is 1. The first-order valence-corrected chi connectivity index (χ1v) is 13.4. The lowest BCUT2D eigenvalue weighted by molar-refractivity contribution is -0.110. The van der Waals surface area contributed by atoms with Gasteiger partial charge < -0.3 is 4.74 Å². The van der Waals surface area contributed by atoms with E-state index in [2.05, 4.69) is 17.5 Å². The maximum absolute atomic E-state index is 13.9. The molecule has 0 saturated heterocycles. The van der Waals surface area contributed by atoms with Gasteiger partial charge in [0.15, 0.2) is 16.0 Å². The minimum absolute atomic E-state index is 0.105. The van der Waals surface area contributed by atoms with Crippen LogP contribution in [0.25, 0.3) is 15.9 Å². The van der Waals surface area contributed by atoms with Gasteiger partial charge in [-0.2, -0.15) is 5.10 Å². The number of ketones is 1. The highest BCUT2D eigenvalue weighted by atomic mass is 32.2. The Morgan fingerprint density at radius 3 is 2.64 bits per heavy atom.